The highest BCUT2D eigenvalue weighted by Gasteiger charge is 2.13. The normalized spacial score (nSPS) is 10.2. The molecular formula is C11H12N4O2. The number of amides is 1. The van der Waals surface area contributed by atoms with E-state index in [2.05, 4.69) is 10.1 Å². The van der Waals surface area contributed by atoms with Crippen molar-refractivity contribution < 1.29 is 9.63 Å². The van der Waals surface area contributed by atoms with Crippen LogP contribution in [0, 0.1) is 0 Å². The Hall–Kier alpha value is -2.21. The van der Waals surface area contributed by atoms with E-state index in [0.29, 0.717) is 5.56 Å². The van der Waals surface area contributed by atoms with E-state index >= 15 is 0 Å². The maximum atomic E-state index is 11.8. The van der Waals surface area contributed by atoms with Gasteiger partial charge in [0.1, 0.15) is 0 Å². The van der Waals surface area contributed by atoms with E-state index in [9.17, 15) is 4.79 Å². The lowest BCUT2D eigenvalue weighted by Crippen LogP contribution is -2.24. The van der Waals surface area contributed by atoms with E-state index in [4.69, 9.17) is 4.84 Å². The van der Waals surface area contributed by atoms with Gasteiger partial charge in [-0.3, -0.25) is 14.6 Å². The highest BCUT2D eigenvalue weighted by Crippen LogP contribution is 2.08. The van der Waals surface area contributed by atoms with E-state index in [0.717, 1.165) is 10.8 Å². The molecule has 88 valence electrons. The predicted molar refractivity (Wildman–Crippen MR) is 60.5 cm³/mol. The van der Waals surface area contributed by atoms with Crippen LogP contribution in [0.3, 0.4) is 0 Å². The van der Waals surface area contributed by atoms with Gasteiger partial charge in [-0.25, -0.2) is 9.75 Å². The molecule has 0 aliphatic heterocycles. The number of hydrogen-bond donors (Lipinski definition) is 0. The van der Waals surface area contributed by atoms with E-state index in [-0.39, 0.29) is 5.91 Å². The fraction of sp³-hybridized carbons (Fsp3) is 0.182. The Balaban J connectivity index is 2.25. The SMILES string of the molecule is CON(C)C(=O)c1cnn(-c2cccnc2)c1. The van der Waals surface area contributed by atoms with Crippen molar-refractivity contribution in [3.8, 4) is 5.69 Å². The Morgan fingerprint density at radius 2 is 2.29 bits per heavy atom. The van der Waals surface area contributed by atoms with Crippen LogP contribution in [0.5, 0.6) is 0 Å². The van der Waals surface area contributed by atoms with Gasteiger partial charge in [-0.1, -0.05) is 0 Å². The van der Waals surface area contributed by atoms with E-state index in [1.807, 2.05) is 6.07 Å². The smallest absolute Gasteiger partial charge is 0.274 e. The molecule has 0 unspecified atom stereocenters. The van der Waals surface area contributed by atoms with E-state index < -0.39 is 0 Å². The van der Waals surface area contributed by atoms with Crippen LogP contribution in [0.15, 0.2) is 36.9 Å². The van der Waals surface area contributed by atoms with Gasteiger partial charge in [0.15, 0.2) is 0 Å². The van der Waals surface area contributed by atoms with E-state index in [1.165, 1.54) is 13.3 Å². The molecule has 2 aromatic heterocycles. The van der Waals surface area contributed by atoms with Crippen LogP contribution >= 0.6 is 0 Å². The summed E-state index contributed by atoms with van der Waals surface area (Å²) in [6.45, 7) is 0. The average molecular weight is 232 g/mol. The fourth-order valence-electron chi connectivity index (χ4n) is 1.33. The lowest BCUT2D eigenvalue weighted by Gasteiger charge is -2.11. The van der Waals surface area contributed by atoms with Crippen LogP contribution in [0.4, 0.5) is 0 Å². The molecule has 0 N–H and O–H groups in total. The van der Waals surface area contributed by atoms with Crippen LogP contribution in [0.2, 0.25) is 0 Å². The number of pyridine rings is 1. The van der Waals surface area contributed by atoms with Gasteiger partial charge in [0.25, 0.3) is 5.91 Å². The van der Waals surface area contributed by atoms with Gasteiger partial charge in [0.2, 0.25) is 0 Å². The zero-order chi connectivity index (χ0) is 12.3. The second-order valence-electron chi connectivity index (χ2n) is 3.37. The van der Waals surface area contributed by atoms with Crippen molar-refractivity contribution in [3.05, 3.63) is 42.5 Å². The van der Waals surface area contributed by atoms with Crippen molar-refractivity contribution >= 4 is 5.91 Å². The number of nitrogens with zero attached hydrogens (tertiary/aromatic N) is 4. The summed E-state index contributed by atoms with van der Waals surface area (Å²) in [5.74, 6) is -0.248. The number of hydroxylamine groups is 2. The van der Waals surface area contributed by atoms with E-state index in [1.54, 1.807) is 36.4 Å². The van der Waals surface area contributed by atoms with Gasteiger partial charge >= 0.3 is 0 Å². The van der Waals surface area contributed by atoms with Crippen molar-refractivity contribution in [2.75, 3.05) is 14.2 Å². The van der Waals surface area contributed by atoms with Crippen molar-refractivity contribution in [1.29, 1.82) is 0 Å². The van der Waals surface area contributed by atoms with Crippen LogP contribution < -0.4 is 0 Å². The Morgan fingerprint density at radius 3 is 2.94 bits per heavy atom. The summed E-state index contributed by atoms with van der Waals surface area (Å²) >= 11 is 0. The Bertz CT molecular complexity index is 509. The molecule has 0 saturated carbocycles. The molecule has 2 aromatic rings. The van der Waals surface area contributed by atoms with Crippen LogP contribution in [-0.2, 0) is 4.84 Å². The van der Waals surface area contributed by atoms with Gasteiger partial charge in [0, 0.05) is 19.4 Å². The molecule has 0 bridgehead atoms. The summed E-state index contributed by atoms with van der Waals surface area (Å²) in [6, 6.07) is 3.66. The largest absolute Gasteiger partial charge is 0.280 e. The minimum atomic E-state index is -0.248. The highest BCUT2D eigenvalue weighted by atomic mass is 16.7. The van der Waals surface area contributed by atoms with Crippen LogP contribution in [0.25, 0.3) is 5.69 Å². The number of carbonyl (C=O) groups excluding carboxylic acids is 1. The fourth-order valence-corrected chi connectivity index (χ4v) is 1.33. The molecular weight excluding hydrogens is 220 g/mol. The van der Waals surface area contributed by atoms with Crippen LogP contribution in [-0.4, -0.2) is 39.9 Å². The van der Waals surface area contributed by atoms with Gasteiger partial charge in [0.05, 0.1) is 30.8 Å². The van der Waals surface area contributed by atoms with Gasteiger partial charge in [-0.2, -0.15) is 5.10 Å². The number of rotatable bonds is 3. The molecule has 1 amide bonds. The second kappa shape index (κ2) is 4.75. The second-order valence-corrected chi connectivity index (χ2v) is 3.37. The third-order valence-corrected chi connectivity index (χ3v) is 2.30. The zero-order valence-corrected chi connectivity index (χ0v) is 9.57. The molecule has 17 heavy (non-hydrogen) atoms. The highest BCUT2D eigenvalue weighted by molar-refractivity contribution is 5.92. The molecule has 0 radical (unpaired) electrons. The van der Waals surface area contributed by atoms with Crippen molar-refractivity contribution in [1.82, 2.24) is 19.8 Å². The first-order valence-electron chi connectivity index (χ1n) is 4.99. The Morgan fingerprint density at radius 1 is 1.47 bits per heavy atom. The number of hydrogen-bond acceptors (Lipinski definition) is 4. The Kier molecular flexibility index (Phi) is 3.15. The summed E-state index contributed by atoms with van der Waals surface area (Å²) in [4.78, 5) is 20.6. The predicted octanol–water partition coefficient (Wildman–Crippen LogP) is 0.901. The summed E-state index contributed by atoms with van der Waals surface area (Å²) in [7, 11) is 2.98. The third kappa shape index (κ3) is 2.31. The number of aromatic nitrogens is 3. The molecule has 0 spiro atoms. The summed E-state index contributed by atoms with van der Waals surface area (Å²) < 4.78 is 1.59. The molecule has 0 fully saturated rings. The van der Waals surface area contributed by atoms with Crippen LogP contribution in [0.1, 0.15) is 10.4 Å². The minimum absolute atomic E-state index is 0.248. The quantitative estimate of drug-likeness (QED) is 0.738. The van der Waals surface area contributed by atoms with Crippen molar-refractivity contribution in [2.45, 2.75) is 0 Å². The molecule has 6 heteroatoms. The third-order valence-electron chi connectivity index (χ3n) is 2.30. The monoisotopic (exact) mass is 232 g/mol. The summed E-state index contributed by atoms with van der Waals surface area (Å²) in [5, 5.41) is 5.24. The molecule has 0 aliphatic carbocycles. The lowest BCUT2D eigenvalue weighted by molar-refractivity contribution is -0.0757. The lowest BCUT2D eigenvalue weighted by atomic mass is 10.3. The average Bonchev–Trinajstić information content (AvgIpc) is 2.87. The minimum Gasteiger partial charge on any atom is -0.274 e. The molecule has 0 saturated heterocycles. The maximum absolute atomic E-state index is 11.8. The van der Waals surface area contributed by atoms with Crippen molar-refractivity contribution in [2.24, 2.45) is 0 Å². The standard InChI is InChI=1S/C11H12N4O2/c1-14(17-2)11(16)9-6-13-15(8-9)10-4-3-5-12-7-10/h3-8H,1-2H3. The summed E-state index contributed by atoms with van der Waals surface area (Å²) in [6.07, 6.45) is 6.47. The first kappa shape index (κ1) is 11.3. The number of carbonyl (C=O) groups is 1. The Labute approximate surface area is 98.4 Å². The van der Waals surface area contributed by atoms with Gasteiger partial charge in [-0.15, -0.1) is 0 Å². The topological polar surface area (TPSA) is 60.2 Å². The maximum Gasteiger partial charge on any atom is 0.280 e. The zero-order valence-electron chi connectivity index (χ0n) is 9.57. The first-order valence-corrected chi connectivity index (χ1v) is 4.99. The molecule has 0 atom stereocenters. The molecule has 2 heterocycles. The first-order chi connectivity index (χ1) is 8.22. The molecule has 6 nitrogen and oxygen atoms in total. The summed E-state index contributed by atoms with van der Waals surface area (Å²) in [5.41, 5.74) is 1.25. The van der Waals surface area contributed by atoms with Gasteiger partial charge < -0.3 is 0 Å². The van der Waals surface area contributed by atoms with Crippen molar-refractivity contribution in [3.63, 3.8) is 0 Å². The molecule has 0 aliphatic rings. The molecule has 2 rings (SSSR count). The van der Waals surface area contributed by atoms with Gasteiger partial charge in [-0.05, 0) is 12.1 Å². The molecule has 0 aromatic carbocycles.